The fourth-order valence-electron chi connectivity index (χ4n) is 3.19. The zero-order valence-corrected chi connectivity index (χ0v) is 13.9. The van der Waals surface area contributed by atoms with Gasteiger partial charge in [0.15, 0.2) is 5.65 Å². The van der Waals surface area contributed by atoms with Gasteiger partial charge in [-0.2, -0.15) is 9.61 Å². The van der Waals surface area contributed by atoms with Gasteiger partial charge in [-0.25, -0.2) is 4.98 Å². The van der Waals surface area contributed by atoms with Gasteiger partial charge in [0.25, 0.3) is 0 Å². The van der Waals surface area contributed by atoms with Gasteiger partial charge in [-0.05, 0) is 24.3 Å². The molecule has 9 nitrogen and oxygen atoms in total. The molecule has 9 heteroatoms. The van der Waals surface area contributed by atoms with E-state index in [0.29, 0.717) is 12.5 Å². The summed E-state index contributed by atoms with van der Waals surface area (Å²) in [6.07, 6.45) is 5.15. The molecular weight excluding hydrogens is 332 g/mol. The van der Waals surface area contributed by atoms with E-state index in [0.717, 1.165) is 30.2 Å². The first-order chi connectivity index (χ1) is 12.9. The van der Waals surface area contributed by atoms with Crippen LogP contribution in [-0.4, -0.2) is 47.7 Å². The molecule has 1 aliphatic heterocycles. The lowest BCUT2D eigenvalue weighted by Gasteiger charge is -2.34. The molecule has 0 amide bonds. The second kappa shape index (κ2) is 6.10. The predicted octanol–water partition coefficient (Wildman–Crippen LogP) is 1.36. The smallest absolute Gasteiger partial charge is 0.213 e. The number of anilines is 1. The molecule has 130 valence electrons. The van der Waals surface area contributed by atoms with E-state index in [1.165, 1.54) is 0 Å². The Hall–Kier alpha value is -3.49. The number of hydrogen-bond acceptors (Lipinski definition) is 7. The van der Waals surface area contributed by atoms with Crippen molar-refractivity contribution in [2.24, 2.45) is 0 Å². The first-order valence-corrected chi connectivity index (χ1v) is 8.35. The summed E-state index contributed by atoms with van der Waals surface area (Å²) in [4.78, 5) is 6.43. The Balaban J connectivity index is 1.40. The van der Waals surface area contributed by atoms with Crippen molar-refractivity contribution in [1.82, 2.24) is 34.6 Å². The van der Waals surface area contributed by atoms with E-state index in [-0.39, 0.29) is 6.04 Å². The molecule has 1 unspecified atom stereocenters. The second-order valence-electron chi connectivity index (χ2n) is 6.11. The molecule has 0 radical (unpaired) electrons. The van der Waals surface area contributed by atoms with Gasteiger partial charge < -0.3 is 9.64 Å². The zero-order valence-electron chi connectivity index (χ0n) is 13.9. The molecule has 0 spiro atoms. The van der Waals surface area contributed by atoms with E-state index in [1.54, 1.807) is 17.0 Å². The van der Waals surface area contributed by atoms with E-state index >= 15 is 0 Å². The highest BCUT2D eigenvalue weighted by atomic mass is 16.5. The molecule has 26 heavy (non-hydrogen) atoms. The summed E-state index contributed by atoms with van der Waals surface area (Å²) in [7, 11) is 0. The molecule has 0 saturated carbocycles. The van der Waals surface area contributed by atoms with Crippen LogP contribution < -0.4 is 9.64 Å². The molecule has 5 heterocycles. The Morgan fingerprint density at radius 3 is 3.04 bits per heavy atom. The van der Waals surface area contributed by atoms with Crippen molar-refractivity contribution in [3.05, 3.63) is 60.8 Å². The van der Waals surface area contributed by atoms with Crippen LogP contribution in [0.3, 0.4) is 0 Å². The monoisotopic (exact) mass is 348 g/mol. The van der Waals surface area contributed by atoms with Crippen molar-refractivity contribution in [2.75, 3.05) is 18.1 Å². The van der Waals surface area contributed by atoms with Crippen molar-refractivity contribution in [2.45, 2.75) is 12.6 Å². The van der Waals surface area contributed by atoms with Crippen molar-refractivity contribution >= 4 is 11.5 Å². The molecular formula is C17H16N8O. The summed E-state index contributed by atoms with van der Waals surface area (Å²) in [5, 5.41) is 17.0. The fraction of sp³-hybridized carbons (Fsp3) is 0.235. The lowest BCUT2D eigenvalue weighted by atomic mass is 10.2. The first-order valence-electron chi connectivity index (χ1n) is 8.35. The molecule has 5 rings (SSSR count). The summed E-state index contributed by atoms with van der Waals surface area (Å²) in [5.74, 6) is 1.48. The van der Waals surface area contributed by atoms with Gasteiger partial charge in [0, 0.05) is 25.0 Å². The van der Waals surface area contributed by atoms with Gasteiger partial charge in [0.2, 0.25) is 5.88 Å². The Morgan fingerprint density at radius 1 is 1.12 bits per heavy atom. The predicted molar refractivity (Wildman–Crippen MR) is 92.8 cm³/mol. The topological polar surface area (TPSA) is 86.3 Å². The number of pyridine rings is 1. The summed E-state index contributed by atoms with van der Waals surface area (Å²) in [5.41, 5.74) is 1.85. The highest BCUT2D eigenvalue weighted by molar-refractivity contribution is 5.46. The highest BCUT2D eigenvalue weighted by Crippen LogP contribution is 2.25. The van der Waals surface area contributed by atoms with Crippen molar-refractivity contribution in [3.8, 4) is 5.88 Å². The number of nitrogens with zero attached hydrogens (tertiary/aromatic N) is 8. The van der Waals surface area contributed by atoms with E-state index in [9.17, 15) is 0 Å². The number of ether oxygens (including phenoxy) is 1. The normalized spacial score (nSPS) is 16.6. The van der Waals surface area contributed by atoms with Crippen LogP contribution in [0.1, 0.15) is 11.7 Å². The fourth-order valence-corrected chi connectivity index (χ4v) is 3.19. The number of aromatic nitrogens is 7. The van der Waals surface area contributed by atoms with Gasteiger partial charge in [-0.3, -0.25) is 4.68 Å². The average Bonchev–Trinajstić information content (AvgIpc) is 3.35. The molecule has 0 bridgehead atoms. The second-order valence-corrected chi connectivity index (χ2v) is 6.11. The maximum atomic E-state index is 5.87. The zero-order chi connectivity index (χ0) is 17.3. The third kappa shape index (κ3) is 2.63. The van der Waals surface area contributed by atoms with Crippen molar-refractivity contribution < 1.29 is 4.74 Å². The van der Waals surface area contributed by atoms with Crippen LogP contribution in [0.4, 0.5) is 5.82 Å². The Bertz CT molecular complexity index is 1030. The van der Waals surface area contributed by atoms with Gasteiger partial charge in [0.1, 0.15) is 24.8 Å². The quantitative estimate of drug-likeness (QED) is 0.550. The van der Waals surface area contributed by atoms with Gasteiger partial charge in [-0.15, -0.1) is 15.3 Å². The van der Waals surface area contributed by atoms with Crippen molar-refractivity contribution in [3.63, 3.8) is 0 Å². The van der Waals surface area contributed by atoms with E-state index in [4.69, 9.17) is 4.74 Å². The Labute approximate surface area is 148 Å². The third-order valence-electron chi connectivity index (χ3n) is 4.42. The summed E-state index contributed by atoms with van der Waals surface area (Å²) in [6, 6.07) is 11.6. The lowest BCUT2D eigenvalue weighted by Crippen LogP contribution is -2.40. The van der Waals surface area contributed by atoms with E-state index < -0.39 is 0 Å². The first kappa shape index (κ1) is 14.8. The van der Waals surface area contributed by atoms with Crippen LogP contribution in [0, 0.1) is 0 Å². The third-order valence-corrected chi connectivity index (χ3v) is 4.42. The molecule has 0 fully saturated rings. The lowest BCUT2D eigenvalue weighted by molar-refractivity contribution is 0.221. The summed E-state index contributed by atoms with van der Waals surface area (Å²) in [6.45, 7) is 1.96. The largest absolute Gasteiger partial charge is 0.475 e. The molecule has 4 aromatic rings. The Morgan fingerprint density at radius 2 is 2.12 bits per heavy atom. The number of rotatable bonds is 4. The van der Waals surface area contributed by atoms with E-state index in [2.05, 4.69) is 30.3 Å². The summed E-state index contributed by atoms with van der Waals surface area (Å²) >= 11 is 0. The number of fused-ring (bicyclic) bond motifs is 2. The minimum absolute atomic E-state index is 0.0640. The summed E-state index contributed by atoms with van der Waals surface area (Å²) < 4.78 is 9.58. The maximum absolute atomic E-state index is 5.87. The molecule has 4 aromatic heterocycles. The standard InChI is InChI=1S/C17H16N8O/c1-2-7-18-17(3-1)26-11-14-10-23(9-13-6-8-20-25(13)14)16-5-4-15-21-19-12-24(15)22-16/h1-8,12,14H,9-11H2. The minimum atomic E-state index is 0.0640. The van der Waals surface area contributed by atoms with Crippen LogP contribution >= 0.6 is 0 Å². The molecule has 0 N–H and O–H groups in total. The van der Waals surface area contributed by atoms with E-state index in [1.807, 2.05) is 47.3 Å². The molecule has 1 aliphatic rings. The SMILES string of the molecule is c1ccc(OCC2CN(c3ccc4nncn4n3)Cc3ccnn32)nc1. The van der Waals surface area contributed by atoms with Crippen LogP contribution in [0.15, 0.2) is 55.1 Å². The van der Waals surface area contributed by atoms with Crippen LogP contribution in [0.2, 0.25) is 0 Å². The van der Waals surface area contributed by atoms with Gasteiger partial charge in [0.05, 0.1) is 12.2 Å². The number of hydrogen-bond donors (Lipinski definition) is 0. The molecule has 1 atom stereocenters. The average molecular weight is 348 g/mol. The van der Waals surface area contributed by atoms with Gasteiger partial charge >= 0.3 is 0 Å². The van der Waals surface area contributed by atoms with Crippen molar-refractivity contribution in [1.29, 1.82) is 0 Å². The van der Waals surface area contributed by atoms with Crippen LogP contribution in [0.5, 0.6) is 5.88 Å². The molecule has 0 aliphatic carbocycles. The Kier molecular flexibility index (Phi) is 3.48. The molecule has 0 saturated heterocycles. The molecule has 0 aromatic carbocycles. The van der Waals surface area contributed by atoms with Crippen LogP contribution in [-0.2, 0) is 6.54 Å². The minimum Gasteiger partial charge on any atom is -0.475 e. The van der Waals surface area contributed by atoms with Gasteiger partial charge in [-0.1, -0.05) is 6.07 Å². The maximum Gasteiger partial charge on any atom is 0.213 e. The highest BCUT2D eigenvalue weighted by Gasteiger charge is 2.27. The van der Waals surface area contributed by atoms with Crippen LogP contribution in [0.25, 0.3) is 5.65 Å².